The molecule has 0 aliphatic carbocycles. The van der Waals surface area contributed by atoms with Gasteiger partial charge in [-0.05, 0) is 51.4 Å². The van der Waals surface area contributed by atoms with Crippen molar-refractivity contribution < 1.29 is 14.0 Å². The standard InChI is InChI=1S/C24H29FN4O2/c1-24(2)23(31)26-11-13-29(24)22(30)17-9-10-21(27-14-17)19-7-5-12-28(16-19)15-18-6-3-4-8-20(18)25/h3-4,6,8-10,14,19H,5,7,11-13,15-16H2,1-2H3,(H,26,31). The highest BCUT2D eigenvalue weighted by Gasteiger charge is 2.40. The quantitative estimate of drug-likeness (QED) is 0.820. The van der Waals surface area contributed by atoms with Gasteiger partial charge in [0.2, 0.25) is 5.91 Å². The normalized spacial score (nSPS) is 21.6. The number of piperazine rings is 1. The molecule has 2 aromatic rings. The summed E-state index contributed by atoms with van der Waals surface area (Å²) < 4.78 is 14.0. The molecule has 0 saturated carbocycles. The zero-order valence-corrected chi connectivity index (χ0v) is 18.1. The van der Waals surface area contributed by atoms with Crippen molar-refractivity contribution in [1.82, 2.24) is 20.1 Å². The van der Waals surface area contributed by atoms with E-state index >= 15 is 0 Å². The van der Waals surface area contributed by atoms with Crippen molar-refractivity contribution in [2.45, 2.75) is 44.7 Å². The van der Waals surface area contributed by atoms with Crippen LogP contribution in [0.1, 0.15) is 54.2 Å². The molecule has 2 fully saturated rings. The molecule has 0 bridgehead atoms. The van der Waals surface area contributed by atoms with E-state index in [1.807, 2.05) is 24.3 Å². The molecule has 4 rings (SSSR count). The molecule has 2 saturated heterocycles. The highest BCUT2D eigenvalue weighted by atomic mass is 19.1. The molecule has 1 atom stereocenters. The summed E-state index contributed by atoms with van der Waals surface area (Å²) in [4.78, 5) is 33.6. The van der Waals surface area contributed by atoms with E-state index in [0.29, 0.717) is 30.8 Å². The van der Waals surface area contributed by atoms with Gasteiger partial charge in [0, 0.05) is 49.6 Å². The number of hydrogen-bond donors (Lipinski definition) is 1. The SMILES string of the molecule is CC1(C)C(=O)NCCN1C(=O)c1ccc(C2CCCN(Cc3ccccc3F)C2)nc1. The number of hydrogen-bond acceptors (Lipinski definition) is 4. The Labute approximate surface area is 182 Å². The minimum atomic E-state index is -0.884. The highest BCUT2D eigenvalue weighted by molar-refractivity contribution is 5.99. The maximum Gasteiger partial charge on any atom is 0.256 e. The lowest BCUT2D eigenvalue weighted by molar-refractivity contribution is -0.133. The molecule has 1 unspecified atom stereocenters. The number of rotatable bonds is 4. The number of likely N-dealkylation sites (tertiary alicyclic amines) is 1. The third-order valence-electron chi connectivity index (χ3n) is 6.41. The van der Waals surface area contributed by atoms with Crippen LogP contribution in [-0.2, 0) is 11.3 Å². The summed E-state index contributed by atoms with van der Waals surface area (Å²) >= 11 is 0. The number of carbonyl (C=O) groups excluding carboxylic acids is 2. The Balaban J connectivity index is 1.43. The molecular formula is C24H29FN4O2. The first-order valence-corrected chi connectivity index (χ1v) is 10.9. The fourth-order valence-electron chi connectivity index (χ4n) is 4.49. The second kappa shape index (κ2) is 8.75. The first-order valence-electron chi connectivity index (χ1n) is 10.9. The predicted octanol–water partition coefficient (Wildman–Crippen LogP) is 2.95. The Kier molecular flexibility index (Phi) is 6.05. The number of aromatic nitrogens is 1. The van der Waals surface area contributed by atoms with Gasteiger partial charge in [0.1, 0.15) is 11.4 Å². The minimum Gasteiger partial charge on any atom is -0.352 e. The van der Waals surface area contributed by atoms with E-state index in [0.717, 1.165) is 31.6 Å². The maximum atomic E-state index is 14.0. The lowest BCUT2D eigenvalue weighted by Gasteiger charge is -2.41. The highest BCUT2D eigenvalue weighted by Crippen LogP contribution is 2.28. The topological polar surface area (TPSA) is 65.5 Å². The van der Waals surface area contributed by atoms with Crippen LogP contribution < -0.4 is 5.32 Å². The van der Waals surface area contributed by atoms with E-state index in [1.54, 1.807) is 31.0 Å². The van der Waals surface area contributed by atoms with Crippen LogP contribution in [0.2, 0.25) is 0 Å². The number of nitrogens with one attached hydrogen (secondary N) is 1. The average Bonchev–Trinajstić information content (AvgIpc) is 2.77. The molecule has 1 aromatic heterocycles. The molecule has 0 radical (unpaired) electrons. The van der Waals surface area contributed by atoms with Crippen molar-refractivity contribution in [3.05, 3.63) is 65.2 Å². The van der Waals surface area contributed by atoms with Gasteiger partial charge in [-0.1, -0.05) is 18.2 Å². The Bertz CT molecular complexity index is 960. The van der Waals surface area contributed by atoms with Crippen LogP contribution >= 0.6 is 0 Å². The van der Waals surface area contributed by atoms with Crippen LogP contribution in [0.15, 0.2) is 42.6 Å². The zero-order chi connectivity index (χ0) is 22.0. The first-order chi connectivity index (χ1) is 14.9. The third-order valence-corrected chi connectivity index (χ3v) is 6.41. The largest absolute Gasteiger partial charge is 0.352 e. The lowest BCUT2D eigenvalue weighted by Crippen LogP contribution is -2.63. The monoisotopic (exact) mass is 424 g/mol. The summed E-state index contributed by atoms with van der Waals surface area (Å²) in [6.07, 6.45) is 3.67. The van der Waals surface area contributed by atoms with Crippen molar-refractivity contribution in [2.24, 2.45) is 0 Å². The van der Waals surface area contributed by atoms with Crippen molar-refractivity contribution in [3.8, 4) is 0 Å². The molecule has 0 spiro atoms. The second-order valence-corrected chi connectivity index (χ2v) is 8.91. The van der Waals surface area contributed by atoms with Gasteiger partial charge in [-0.3, -0.25) is 19.5 Å². The van der Waals surface area contributed by atoms with Crippen LogP contribution in [0.5, 0.6) is 0 Å². The van der Waals surface area contributed by atoms with Gasteiger partial charge in [-0.25, -0.2) is 4.39 Å². The molecule has 7 heteroatoms. The van der Waals surface area contributed by atoms with Gasteiger partial charge in [-0.2, -0.15) is 0 Å². The van der Waals surface area contributed by atoms with E-state index in [-0.39, 0.29) is 23.5 Å². The van der Waals surface area contributed by atoms with Crippen molar-refractivity contribution >= 4 is 11.8 Å². The van der Waals surface area contributed by atoms with Crippen LogP contribution in [-0.4, -0.2) is 58.3 Å². The van der Waals surface area contributed by atoms with Gasteiger partial charge in [0.15, 0.2) is 0 Å². The Morgan fingerprint density at radius 2 is 2.03 bits per heavy atom. The Morgan fingerprint density at radius 1 is 1.23 bits per heavy atom. The Hall–Kier alpha value is -2.80. The summed E-state index contributed by atoms with van der Waals surface area (Å²) in [5.41, 5.74) is 1.27. The summed E-state index contributed by atoms with van der Waals surface area (Å²) in [5, 5.41) is 2.81. The van der Waals surface area contributed by atoms with Gasteiger partial charge in [0.05, 0.1) is 5.56 Å². The van der Waals surface area contributed by atoms with E-state index in [1.165, 1.54) is 6.07 Å². The summed E-state index contributed by atoms with van der Waals surface area (Å²) in [7, 11) is 0. The predicted molar refractivity (Wildman–Crippen MR) is 116 cm³/mol. The second-order valence-electron chi connectivity index (χ2n) is 8.91. The first kappa shape index (κ1) is 21.4. The fourth-order valence-corrected chi connectivity index (χ4v) is 4.49. The molecule has 1 N–H and O–H groups in total. The van der Waals surface area contributed by atoms with Crippen molar-refractivity contribution in [2.75, 3.05) is 26.2 Å². The lowest BCUT2D eigenvalue weighted by atomic mass is 9.93. The maximum absolute atomic E-state index is 14.0. The van der Waals surface area contributed by atoms with E-state index in [9.17, 15) is 14.0 Å². The smallest absolute Gasteiger partial charge is 0.256 e. The number of piperidine rings is 1. The molecule has 31 heavy (non-hydrogen) atoms. The molecule has 164 valence electrons. The fraction of sp³-hybridized carbons (Fsp3) is 0.458. The van der Waals surface area contributed by atoms with E-state index in [2.05, 4.69) is 15.2 Å². The summed E-state index contributed by atoms with van der Waals surface area (Å²) in [6, 6.07) is 10.6. The van der Waals surface area contributed by atoms with Gasteiger partial charge >= 0.3 is 0 Å². The number of pyridine rings is 1. The molecule has 2 amide bonds. The molecule has 6 nitrogen and oxygen atoms in total. The summed E-state index contributed by atoms with van der Waals surface area (Å²) in [6.45, 7) is 6.79. The number of benzene rings is 1. The van der Waals surface area contributed by atoms with Crippen LogP contribution in [0, 0.1) is 5.82 Å². The van der Waals surface area contributed by atoms with Crippen molar-refractivity contribution in [3.63, 3.8) is 0 Å². The molecular weight excluding hydrogens is 395 g/mol. The van der Waals surface area contributed by atoms with E-state index < -0.39 is 5.54 Å². The van der Waals surface area contributed by atoms with Crippen LogP contribution in [0.4, 0.5) is 4.39 Å². The van der Waals surface area contributed by atoms with Gasteiger partial charge < -0.3 is 10.2 Å². The van der Waals surface area contributed by atoms with Crippen LogP contribution in [0.3, 0.4) is 0 Å². The number of nitrogens with zero attached hydrogens (tertiary/aromatic N) is 3. The Morgan fingerprint density at radius 3 is 2.77 bits per heavy atom. The van der Waals surface area contributed by atoms with Crippen LogP contribution in [0.25, 0.3) is 0 Å². The van der Waals surface area contributed by atoms with Gasteiger partial charge in [-0.15, -0.1) is 0 Å². The van der Waals surface area contributed by atoms with Crippen molar-refractivity contribution in [1.29, 1.82) is 0 Å². The summed E-state index contributed by atoms with van der Waals surface area (Å²) in [5.74, 6) is -0.237. The molecule has 2 aliphatic rings. The molecule has 3 heterocycles. The zero-order valence-electron chi connectivity index (χ0n) is 18.1. The van der Waals surface area contributed by atoms with E-state index in [4.69, 9.17) is 0 Å². The third kappa shape index (κ3) is 4.46. The number of halogens is 1. The molecule has 2 aliphatic heterocycles. The minimum absolute atomic E-state index is 0.145. The average molecular weight is 425 g/mol. The number of amides is 2. The molecule has 1 aromatic carbocycles. The number of carbonyl (C=O) groups is 2. The van der Waals surface area contributed by atoms with Gasteiger partial charge in [0.25, 0.3) is 5.91 Å².